The first-order valence-electron chi connectivity index (χ1n) is 6.50. The van der Waals surface area contributed by atoms with Gasteiger partial charge in [-0.1, -0.05) is 13.8 Å². The third-order valence-electron chi connectivity index (χ3n) is 4.06. The van der Waals surface area contributed by atoms with E-state index in [9.17, 15) is 14.7 Å². The maximum Gasteiger partial charge on any atom is 0.280 e. The van der Waals surface area contributed by atoms with Crippen LogP contribution in [0.5, 0.6) is 0 Å². The number of carbonyl (C=O) groups excluding carboxylic acids is 2. The zero-order valence-corrected chi connectivity index (χ0v) is 11.2. The van der Waals surface area contributed by atoms with Gasteiger partial charge in [-0.2, -0.15) is 0 Å². The Balaban J connectivity index is 2.30. The van der Waals surface area contributed by atoms with Crippen molar-refractivity contribution in [1.82, 2.24) is 9.88 Å². The molecular weight excluding hydrogens is 244 g/mol. The summed E-state index contributed by atoms with van der Waals surface area (Å²) in [5.74, 6) is -0.673. The number of hydrogen-bond acceptors (Lipinski definition) is 4. The van der Waals surface area contributed by atoms with E-state index in [-0.39, 0.29) is 30.7 Å². The highest BCUT2D eigenvalue weighted by atomic mass is 16.3. The SMILES string of the molecule is CCC(CC)(CO)CN1C(=O)c2cccnc2C1=O. The van der Waals surface area contributed by atoms with Crippen LogP contribution in [0, 0.1) is 5.41 Å². The maximum atomic E-state index is 12.2. The van der Waals surface area contributed by atoms with Crippen LogP contribution in [0.15, 0.2) is 18.3 Å². The van der Waals surface area contributed by atoms with Gasteiger partial charge in [-0.25, -0.2) is 0 Å². The van der Waals surface area contributed by atoms with E-state index in [1.165, 1.54) is 11.1 Å². The van der Waals surface area contributed by atoms with E-state index >= 15 is 0 Å². The lowest BCUT2D eigenvalue weighted by Crippen LogP contribution is -2.42. The molecule has 102 valence electrons. The van der Waals surface area contributed by atoms with Gasteiger partial charge in [0.05, 0.1) is 12.2 Å². The minimum absolute atomic E-state index is 0.0408. The van der Waals surface area contributed by atoms with Gasteiger partial charge in [0.1, 0.15) is 5.69 Å². The van der Waals surface area contributed by atoms with Gasteiger partial charge in [0.25, 0.3) is 11.8 Å². The van der Waals surface area contributed by atoms with Gasteiger partial charge in [0.15, 0.2) is 0 Å². The lowest BCUT2D eigenvalue weighted by Gasteiger charge is -2.32. The number of amides is 2. The van der Waals surface area contributed by atoms with Crippen molar-refractivity contribution in [2.24, 2.45) is 5.41 Å². The fourth-order valence-electron chi connectivity index (χ4n) is 2.34. The smallest absolute Gasteiger partial charge is 0.280 e. The highest BCUT2D eigenvalue weighted by molar-refractivity contribution is 6.20. The van der Waals surface area contributed by atoms with E-state index in [2.05, 4.69) is 4.98 Å². The minimum atomic E-state index is -0.423. The number of imide groups is 1. The summed E-state index contributed by atoms with van der Waals surface area (Å²) in [5.41, 5.74) is 0.144. The number of nitrogens with zero attached hydrogens (tertiary/aromatic N) is 2. The van der Waals surface area contributed by atoms with E-state index in [1.54, 1.807) is 12.1 Å². The molecule has 5 nitrogen and oxygen atoms in total. The van der Waals surface area contributed by atoms with Crippen LogP contribution in [0.2, 0.25) is 0 Å². The molecule has 1 aromatic heterocycles. The largest absolute Gasteiger partial charge is 0.396 e. The molecule has 1 N–H and O–H groups in total. The van der Waals surface area contributed by atoms with Gasteiger partial charge in [-0.3, -0.25) is 19.5 Å². The van der Waals surface area contributed by atoms with Crippen LogP contribution in [0.4, 0.5) is 0 Å². The normalized spacial score (nSPS) is 15.0. The molecule has 2 rings (SSSR count). The van der Waals surface area contributed by atoms with Crippen LogP contribution in [0.3, 0.4) is 0 Å². The zero-order chi connectivity index (χ0) is 14.0. The number of aliphatic hydroxyl groups is 1. The first-order chi connectivity index (χ1) is 9.08. The first-order valence-corrected chi connectivity index (χ1v) is 6.50. The monoisotopic (exact) mass is 262 g/mol. The van der Waals surface area contributed by atoms with Crippen LogP contribution in [-0.4, -0.2) is 40.0 Å². The maximum absolute atomic E-state index is 12.2. The van der Waals surface area contributed by atoms with E-state index in [4.69, 9.17) is 0 Å². The molecule has 0 fully saturated rings. The standard InChI is InChI=1S/C14H18N2O3/c1-3-14(4-2,9-17)8-16-12(18)10-6-5-7-15-11(10)13(16)19/h5-7,17H,3-4,8-9H2,1-2H3. The summed E-state index contributed by atoms with van der Waals surface area (Å²) >= 11 is 0. The molecule has 0 saturated carbocycles. The molecule has 2 heterocycles. The number of aliphatic hydroxyl groups excluding tert-OH is 1. The van der Waals surface area contributed by atoms with Crippen molar-refractivity contribution in [2.75, 3.05) is 13.2 Å². The lowest BCUT2D eigenvalue weighted by molar-refractivity contribution is 0.0436. The Kier molecular flexibility index (Phi) is 3.66. The third kappa shape index (κ3) is 2.14. The molecule has 0 saturated heterocycles. The molecule has 1 aliphatic heterocycles. The van der Waals surface area contributed by atoms with Crippen molar-refractivity contribution < 1.29 is 14.7 Å². The van der Waals surface area contributed by atoms with Gasteiger partial charge in [0, 0.05) is 18.2 Å². The van der Waals surface area contributed by atoms with E-state index in [0.717, 1.165) is 0 Å². The Bertz CT molecular complexity index is 466. The number of hydrogen-bond donors (Lipinski definition) is 1. The van der Waals surface area contributed by atoms with Crippen molar-refractivity contribution in [3.63, 3.8) is 0 Å². The van der Waals surface area contributed by atoms with Crippen molar-refractivity contribution >= 4 is 11.8 Å². The molecule has 19 heavy (non-hydrogen) atoms. The number of pyridine rings is 1. The Labute approximate surface area is 112 Å². The van der Waals surface area contributed by atoms with Crippen LogP contribution in [0.1, 0.15) is 47.5 Å². The molecule has 1 aromatic rings. The van der Waals surface area contributed by atoms with Gasteiger partial charge in [-0.15, -0.1) is 0 Å². The fourth-order valence-corrected chi connectivity index (χ4v) is 2.34. The van der Waals surface area contributed by atoms with Crippen LogP contribution in [-0.2, 0) is 0 Å². The second-order valence-electron chi connectivity index (χ2n) is 4.96. The number of carbonyl (C=O) groups is 2. The topological polar surface area (TPSA) is 70.5 Å². The van der Waals surface area contributed by atoms with E-state index < -0.39 is 5.41 Å². The Morgan fingerprint density at radius 2 is 1.95 bits per heavy atom. The molecule has 1 aliphatic rings. The third-order valence-corrected chi connectivity index (χ3v) is 4.06. The van der Waals surface area contributed by atoms with Gasteiger partial charge in [0.2, 0.25) is 0 Å². The second-order valence-corrected chi connectivity index (χ2v) is 4.96. The van der Waals surface area contributed by atoms with Crippen LogP contribution in [0.25, 0.3) is 0 Å². The molecular formula is C14H18N2O3. The highest BCUT2D eigenvalue weighted by Crippen LogP contribution is 2.30. The molecule has 0 aliphatic carbocycles. The van der Waals surface area contributed by atoms with Crippen LogP contribution < -0.4 is 0 Å². The van der Waals surface area contributed by atoms with Gasteiger partial charge < -0.3 is 5.11 Å². The average Bonchev–Trinajstić information content (AvgIpc) is 2.70. The average molecular weight is 262 g/mol. The molecule has 0 atom stereocenters. The summed E-state index contributed by atoms with van der Waals surface area (Å²) in [7, 11) is 0. The van der Waals surface area contributed by atoms with Crippen molar-refractivity contribution in [3.8, 4) is 0 Å². The molecule has 5 heteroatoms. The van der Waals surface area contributed by atoms with Crippen molar-refractivity contribution in [2.45, 2.75) is 26.7 Å². The molecule has 0 spiro atoms. The lowest BCUT2D eigenvalue weighted by atomic mass is 9.82. The first kappa shape index (κ1) is 13.7. The Hall–Kier alpha value is -1.75. The van der Waals surface area contributed by atoms with Crippen molar-refractivity contribution in [3.05, 3.63) is 29.6 Å². The minimum Gasteiger partial charge on any atom is -0.396 e. The number of aromatic nitrogens is 1. The van der Waals surface area contributed by atoms with Gasteiger partial charge >= 0.3 is 0 Å². The quantitative estimate of drug-likeness (QED) is 0.816. The summed E-state index contributed by atoms with van der Waals surface area (Å²) in [5, 5.41) is 9.56. The summed E-state index contributed by atoms with van der Waals surface area (Å²) < 4.78 is 0. The number of rotatable bonds is 5. The fraction of sp³-hybridized carbons (Fsp3) is 0.500. The zero-order valence-electron chi connectivity index (χ0n) is 11.2. The summed E-state index contributed by atoms with van der Waals surface area (Å²) in [4.78, 5) is 29.6. The molecule has 0 radical (unpaired) electrons. The molecule has 0 unspecified atom stereocenters. The molecule has 2 amide bonds. The summed E-state index contributed by atoms with van der Waals surface area (Å²) in [6.45, 7) is 4.11. The Morgan fingerprint density at radius 1 is 1.26 bits per heavy atom. The van der Waals surface area contributed by atoms with Gasteiger partial charge in [-0.05, 0) is 25.0 Å². The summed E-state index contributed by atoms with van der Waals surface area (Å²) in [6.07, 6.45) is 2.92. The second kappa shape index (κ2) is 5.09. The molecule has 0 aromatic carbocycles. The Morgan fingerprint density at radius 3 is 2.47 bits per heavy atom. The van der Waals surface area contributed by atoms with E-state index in [1.807, 2.05) is 13.8 Å². The van der Waals surface area contributed by atoms with Crippen LogP contribution >= 0.6 is 0 Å². The number of fused-ring (bicyclic) bond motifs is 1. The predicted octanol–water partition coefficient (Wildman–Crippen LogP) is 1.48. The highest BCUT2D eigenvalue weighted by Gasteiger charge is 2.41. The predicted molar refractivity (Wildman–Crippen MR) is 69.7 cm³/mol. The van der Waals surface area contributed by atoms with Crippen molar-refractivity contribution in [1.29, 1.82) is 0 Å². The van der Waals surface area contributed by atoms with E-state index in [0.29, 0.717) is 18.4 Å². The molecule has 0 bridgehead atoms. The summed E-state index contributed by atoms with van der Waals surface area (Å²) in [6, 6.07) is 3.26.